The second-order valence-electron chi connectivity index (χ2n) is 4.08. The van der Waals surface area contributed by atoms with Gasteiger partial charge in [-0.05, 0) is 37.9 Å². The molecule has 0 atom stereocenters. The summed E-state index contributed by atoms with van der Waals surface area (Å²) in [4.78, 5) is 0. The Labute approximate surface area is 100 Å². The number of hydrogen-bond acceptors (Lipinski definition) is 1. The maximum atomic E-state index is 5.29. The summed E-state index contributed by atoms with van der Waals surface area (Å²) in [6, 6.07) is 0. The van der Waals surface area contributed by atoms with Gasteiger partial charge in [-0.3, -0.25) is 0 Å². The van der Waals surface area contributed by atoms with Crippen LogP contribution < -0.4 is 10.6 Å². The molecule has 2 nitrogen and oxygen atoms in total. The van der Waals surface area contributed by atoms with Crippen LogP contribution in [-0.4, -0.2) is 17.2 Å². The lowest BCUT2D eigenvalue weighted by Crippen LogP contribution is -2.51. The lowest BCUT2D eigenvalue weighted by molar-refractivity contribution is 0.338. The Bertz CT molecular complexity index is 168. The van der Waals surface area contributed by atoms with Crippen LogP contribution >= 0.6 is 12.2 Å². The number of nitrogens with one attached hydrogen (secondary N) is 2. The highest BCUT2D eigenvalue weighted by Gasteiger charge is 2.23. The largest absolute Gasteiger partial charge is 0.363 e. The van der Waals surface area contributed by atoms with Gasteiger partial charge < -0.3 is 10.6 Å². The molecule has 0 aromatic heterocycles. The first-order chi connectivity index (χ1) is 7.14. The Balaban J connectivity index is 4.00. The van der Waals surface area contributed by atoms with Crippen LogP contribution in [-0.2, 0) is 0 Å². The van der Waals surface area contributed by atoms with Gasteiger partial charge in [0.15, 0.2) is 5.11 Å². The first-order valence-electron chi connectivity index (χ1n) is 6.20. The van der Waals surface area contributed by atoms with Gasteiger partial charge in [-0.25, -0.2) is 0 Å². The smallest absolute Gasteiger partial charge is 0.166 e. The van der Waals surface area contributed by atoms with E-state index >= 15 is 0 Å². The Morgan fingerprint density at radius 1 is 1.07 bits per heavy atom. The average Bonchev–Trinajstić information content (AvgIpc) is 2.26. The molecule has 90 valence electrons. The molecule has 0 fully saturated rings. The summed E-state index contributed by atoms with van der Waals surface area (Å²) in [5.41, 5.74) is 0.191. The minimum atomic E-state index is 0.191. The maximum Gasteiger partial charge on any atom is 0.166 e. The fourth-order valence-electron chi connectivity index (χ4n) is 1.68. The average molecular weight is 230 g/mol. The normalized spacial score (nSPS) is 11.2. The topological polar surface area (TPSA) is 24.1 Å². The van der Waals surface area contributed by atoms with Gasteiger partial charge in [0.25, 0.3) is 0 Å². The van der Waals surface area contributed by atoms with Crippen molar-refractivity contribution in [2.75, 3.05) is 6.54 Å². The van der Waals surface area contributed by atoms with Gasteiger partial charge in [0.1, 0.15) is 0 Å². The molecule has 0 amide bonds. The molecular formula is C12H26N2S. The van der Waals surface area contributed by atoms with Crippen LogP contribution in [0.25, 0.3) is 0 Å². The molecule has 0 aliphatic carbocycles. The van der Waals surface area contributed by atoms with Crippen LogP contribution in [0.3, 0.4) is 0 Å². The maximum absolute atomic E-state index is 5.29. The highest BCUT2D eigenvalue weighted by Crippen LogP contribution is 2.18. The standard InChI is InChI=1S/C12H26N2S/c1-5-9-10-13-11(15)14-12(6-2,7-3)8-4/h5-10H2,1-4H3,(H2,13,14,15). The van der Waals surface area contributed by atoms with E-state index in [0.29, 0.717) is 0 Å². The summed E-state index contributed by atoms with van der Waals surface area (Å²) in [6.45, 7) is 9.82. The molecule has 0 saturated carbocycles. The van der Waals surface area contributed by atoms with Crippen LogP contribution in [0.4, 0.5) is 0 Å². The lowest BCUT2D eigenvalue weighted by atomic mass is 9.90. The molecule has 0 saturated heterocycles. The van der Waals surface area contributed by atoms with Crippen molar-refractivity contribution in [3.8, 4) is 0 Å². The van der Waals surface area contributed by atoms with Gasteiger partial charge in [0.2, 0.25) is 0 Å². The van der Waals surface area contributed by atoms with Crippen molar-refractivity contribution in [3.63, 3.8) is 0 Å². The van der Waals surface area contributed by atoms with E-state index in [1.165, 1.54) is 12.8 Å². The third-order valence-electron chi connectivity index (χ3n) is 3.22. The number of hydrogen-bond donors (Lipinski definition) is 2. The molecule has 0 aromatic carbocycles. The molecule has 0 heterocycles. The highest BCUT2D eigenvalue weighted by atomic mass is 32.1. The minimum absolute atomic E-state index is 0.191. The summed E-state index contributed by atoms with van der Waals surface area (Å²) in [6.07, 6.45) is 5.75. The van der Waals surface area contributed by atoms with Crippen molar-refractivity contribution in [2.45, 2.75) is 65.3 Å². The molecule has 0 bridgehead atoms. The quantitative estimate of drug-likeness (QED) is 0.519. The molecule has 2 N–H and O–H groups in total. The van der Waals surface area contributed by atoms with E-state index in [0.717, 1.165) is 30.9 Å². The molecule has 0 unspecified atom stereocenters. The molecule has 0 aromatic rings. The zero-order valence-corrected chi connectivity index (χ0v) is 11.5. The van der Waals surface area contributed by atoms with E-state index in [2.05, 4.69) is 38.3 Å². The molecule has 15 heavy (non-hydrogen) atoms. The summed E-state index contributed by atoms with van der Waals surface area (Å²) in [5.74, 6) is 0. The third-order valence-corrected chi connectivity index (χ3v) is 3.47. The fraction of sp³-hybridized carbons (Fsp3) is 0.917. The van der Waals surface area contributed by atoms with Crippen LogP contribution in [0, 0.1) is 0 Å². The van der Waals surface area contributed by atoms with Crippen molar-refractivity contribution >= 4 is 17.3 Å². The molecule has 0 aliphatic rings. The van der Waals surface area contributed by atoms with Crippen LogP contribution in [0.1, 0.15) is 59.8 Å². The Morgan fingerprint density at radius 2 is 1.60 bits per heavy atom. The van der Waals surface area contributed by atoms with Gasteiger partial charge in [-0.1, -0.05) is 34.1 Å². The van der Waals surface area contributed by atoms with Crippen molar-refractivity contribution < 1.29 is 0 Å². The van der Waals surface area contributed by atoms with Crippen molar-refractivity contribution in [2.24, 2.45) is 0 Å². The first kappa shape index (κ1) is 14.7. The predicted octanol–water partition coefficient (Wildman–Crippen LogP) is 3.22. The third kappa shape index (κ3) is 5.36. The van der Waals surface area contributed by atoms with E-state index in [9.17, 15) is 0 Å². The monoisotopic (exact) mass is 230 g/mol. The summed E-state index contributed by atoms with van der Waals surface area (Å²) in [7, 11) is 0. The van der Waals surface area contributed by atoms with Gasteiger partial charge in [0.05, 0.1) is 0 Å². The van der Waals surface area contributed by atoms with E-state index in [1.54, 1.807) is 0 Å². The van der Waals surface area contributed by atoms with E-state index in [1.807, 2.05) is 0 Å². The summed E-state index contributed by atoms with van der Waals surface area (Å²) >= 11 is 5.29. The van der Waals surface area contributed by atoms with E-state index in [-0.39, 0.29) is 5.54 Å². The van der Waals surface area contributed by atoms with Crippen molar-refractivity contribution in [1.29, 1.82) is 0 Å². The molecular weight excluding hydrogens is 204 g/mol. The molecule has 0 spiro atoms. The molecule has 0 rings (SSSR count). The zero-order valence-electron chi connectivity index (χ0n) is 10.7. The van der Waals surface area contributed by atoms with Gasteiger partial charge in [-0.15, -0.1) is 0 Å². The molecule has 0 radical (unpaired) electrons. The predicted molar refractivity (Wildman–Crippen MR) is 72.2 cm³/mol. The number of rotatable bonds is 7. The minimum Gasteiger partial charge on any atom is -0.363 e. The Morgan fingerprint density at radius 3 is 2.00 bits per heavy atom. The van der Waals surface area contributed by atoms with Crippen LogP contribution in [0.15, 0.2) is 0 Å². The number of unbranched alkanes of at least 4 members (excludes halogenated alkanes) is 1. The second-order valence-corrected chi connectivity index (χ2v) is 4.48. The van der Waals surface area contributed by atoms with E-state index in [4.69, 9.17) is 12.2 Å². The lowest BCUT2D eigenvalue weighted by Gasteiger charge is -2.33. The zero-order chi connectivity index (χ0) is 11.7. The first-order valence-corrected chi connectivity index (χ1v) is 6.61. The Hall–Kier alpha value is -0.310. The fourth-order valence-corrected chi connectivity index (χ4v) is 2.00. The molecule has 0 aliphatic heterocycles. The van der Waals surface area contributed by atoms with Gasteiger partial charge in [-0.2, -0.15) is 0 Å². The summed E-state index contributed by atoms with van der Waals surface area (Å²) < 4.78 is 0. The second kappa shape index (κ2) is 7.91. The van der Waals surface area contributed by atoms with Crippen LogP contribution in [0.2, 0.25) is 0 Å². The van der Waals surface area contributed by atoms with Crippen molar-refractivity contribution in [3.05, 3.63) is 0 Å². The molecule has 3 heteroatoms. The van der Waals surface area contributed by atoms with Crippen LogP contribution in [0.5, 0.6) is 0 Å². The van der Waals surface area contributed by atoms with E-state index < -0.39 is 0 Å². The summed E-state index contributed by atoms with van der Waals surface area (Å²) in [5, 5.41) is 7.53. The Kier molecular flexibility index (Phi) is 7.75. The number of thiocarbonyl (C=S) groups is 1. The van der Waals surface area contributed by atoms with Crippen molar-refractivity contribution in [1.82, 2.24) is 10.6 Å². The highest BCUT2D eigenvalue weighted by molar-refractivity contribution is 7.80. The van der Waals surface area contributed by atoms with Gasteiger partial charge in [0, 0.05) is 12.1 Å². The van der Waals surface area contributed by atoms with Gasteiger partial charge >= 0.3 is 0 Å². The SMILES string of the molecule is CCCCNC(=S)NC(CC)(CC)CC.